The number of hydrogen-bond acceptors (Lipinski definition) is 0. The molecule has 0 spiro atoms. The zero-order valence-corrected chi connectivity index (χ0v) is 4.89. The summed E-state index contributed by atoms with van der Waals surface area (Å²) in [6, 6.07) is 8.30. The van der Waals surface area contributed by atoms with Crippen LogP contribution in [0.4, 0.5) is 0 Å². The predicted octanol–water partition coefficient (Wildman–Crippen LogP) is 2.72. The summed E-state index contributed by atoms with van der Waals surface area (Å²) in [5.74, 6) is 0. The van der Waals surface area contributed by atoms with Gasteiger partial charge in [0.2, 0.25) is 0 Å². The fourth-order valence-electron chi connectivity index (χ4n) is 0.605. The maximum Gasteiger partial charge on any atom is 0.0541 e. The van der Waals surface area contributed by atoms with Crippen molar-refractivity contribution in [3.05, 3.63) is 42.4 Å². The smallest absolute Gasteiger partial charge is 0.0541 e. The van der Waals surface area contributed by atoms with E-state index in [4.69, 9.17) is 6.85 Å². The molecule has 0 fully saturated rings. The van der Waals surface area contributed by atoms with E-state index in [0.717, 1.165) is 0 Å². The second kappa shape index (κ2) is 2.49. The van der Waals surface area contributed by atoms with Gasteiger partial charge in [0, 0.05) is 4.11 Å². The van der Waals surface area contributed by atoms with Crippen LogP contribution >= 0.6 is 0 Å². The first kappa shape index (κ1) is 2.30. The topological polar surface area (TPSA) is 0 Å². The quantitative estimate of drug-likeness (QED) is 0.538. The van der Waals surface area contributed by atoms with Crippen LogP contribution in [0.1, 0.15) is 19.3 Å². The molecule has 0 amide bonds. The molecule has 46 valence electrons. The average Bonchev–Trinajstić information content (AvgIpc) is 2.02. The molecule has 0 nitrogen and oxygen atoms in total. The summed E-state index contributed by atoms with van der Waals surface area (Å²) < 4.78 is 35.8. The van der Waals surface area contributed by atoms with Gasteiger partial charge in [-0.2, -0.15) is 0 Å². The van der Waals surface area contributed by atoms with Crippen LogP contribution in [-0.4, -0.2) is 0 Å². The van der Waals surface area contributed by atoms with Crippen molar-refractivity contribution in [1.82, 2.24) is 0 Å². The van der Waals surface area contributed by atoms with Crippen LogP contribution in [0.5, 0.6) is 0 Å². The molecule has 0 aliphatic carbocycles. The molecule has 0 atom stereocenters. The summed E-state index contributed by atoms with van der Waals surface area (Å²) in [7, 11) is 0. The van der Waals surface area contributed by atoms with E-state index < -0.39 is 13.4 Å². The van der Waals surface area contributed by atoms with Gasteiger partial charge in [-0.3, -0.25) is 0 Å². The van der Waals surface area contributed by atoms with Crippen molar-refractivity contribution in [3.8, 4) is 0 Å². The second-order valence-corrected chi connectivity index (χ2v) is 1.74. The molecular formula is C9H10. The van der Waals surface area contributed by atoms with Crippen molar-refractivity contribution >= 4 is 5.57 Å². The molecule has 9 heavy (non-hydrogen) atoms. The lowest BCUT2D eigenvalue weighted by molar-refractivity contribution is 1.58. The van der Waals surface area contributed by atoms with Crippen molar-refractivity contribution in [2.24, 2.45) is 0 Å². The summed E-state index contributed by atoms with van der Waals surface area (Å²) >= 11 is 0. The molecule has 0 aromatic heterocycles. The molecule has 0 bridgehead atoms. The normalized spacial score (nSPS) is 18.0. The van der Waals surface area contributed by atoms with Crippen molar-refractivity contribution in [3.63, 3.8) is 0 Å². The van der Waals surface area contributed by atoms with E-state index in [1.165, 1.54) is 0 Å². The van der Waals surface area contributed by atoms with Crippen molar-refractivity contribution in [2.75, 3.05) is 0 Å². The van der Waals surface area contributed by atoms with E-state index in [1.807, 2.05) is 0 Å². The van der Waals surface area contributed by atoms with Gasteiger partial charge in [0.05, 0.1) is 2.74 Å². The Labute approximate surface area is 62.9 Å². The lowest BCUT2D eigenvalue weighted by atomic mass is 10.1. The third kappa shape index (κ3) is 1.43. The number of rotatable bonds is 1. The van der Waals surface area contributed by atoms with E-state index in [2.05, 4.69) is 0 Å². The van der Waals surface area contributed by atoms with E-state index in [-0.39, 0.29) is 5.57 Å². The minimum absolute atomic E-state index is 0.210. The first-order valence-electron chi connectivity index (χ1n) is 5.16. The van der Waals surface area contributed by atoms with Crippen LogP contribution in [0.15, 0.2) is 36.9 Å². The average molecular weight is 123 g/mol. The summed E-state index contributed by atoms with van der Waals surface area (Å²) in [4.78, 5) is 0. The molecule has 1 aromatic rings. The highest BCUT2D eigenvalue weighted by atomic mass is 13.9. The molecule has 1 rings (SSSR count). The van der Waals surface area contributed by atoms with Crippen LogP contribution in [0.3, 0.4) is 0 Å². The minimum Gasteiger partial charge on any atom is -0.0955 e. The van der Waals surface area contributed by atoms with Crippen LogP contribution in [0.2, 0.25) is 0 Å². The van der Waals surface area contributed by atoms with E-state index >= 15 is 0 Å². The Kier molecular flexibility index (Phi) is 0.636. The molecule has 0 heterocycles. The number of allylic oxidation sites excluding steroid dienone is 1. The Morgan fingerprint density at radius 2 is 2.33 bits per heavy atom. The highest BCUT2D eigenvalue weighted by Gasteiger charge is 1.86. The molecule has 0 aliphatic rings. The Hall–Kier alpha value is -1.04. The second-order valence-electron chi connectivity index (χ2n) is 1.74. The van der Waals surface area contributed by atoms with Crippen LogP contribution in [0, 0.1) is 0 Å². The summed E-state index contributed by atoms with van der Waals surface area (Å²) in [6.07, 6.45) is 0. The third-order valence-corrected chi connectivity index (χ3v) is 1.06. The highest BCUT2D eigenvalue weighted by Crippen LogP contribution is 2.08. The zero-order chi connectivity index (χ0) is 10.8. The largest absolute Gasteiger partial charge is 0.0955 e. The Morgan fingerprint density at radius 3 is 2.89 bits per heavy atom. The summed E-state index contributed by atoms with van der Waals surface area (Å²) in [6.45, 7) is -3.06. The van der Waals surface area contributed by atoms with Gasteiger partial charge in [0.1, 0.15) is 0 Å². The number of hydrogen-bond donors (Lipinski definition) is 0. The Morgan fingerprint density at radius 1 is 1.56 bits per heavy atom. The van der Waals surface area contributed by atoms with Gasteiger partial charge in [0.15, 0.2) is 0 Å². The lowest BCUT2D eigenvalue weighted by Gasteiger charge is -1.94. The van der Waals surface area contributed by atoms with Crippen molar-refractivity contribution in [1.29, 1.82) is 0 Å². The van der Waals surface area contributed by atoms with E-state index in [1.54, 1.807) is 30.3 Å². The lowest BCUT2D eigenvalue weighted by Crippen LogP contribution is -1.72. The maximum absolute atomic E-state index is 7.19. The minimum atomic E-state index is -2.40. The van der Waals surface area contributed by atoms with Gasteiger partial charge in [-0.25, -0.2) is 0 Å². The van der Waals surface area contributed by atoms with E-state index in [9.17, 15) is 0 Å². The van der Waals surface area contributed by atoms with Gasteiger partial charge >= 0.3 is 0 Å². The van der Waals surface area contributed by atoms with Crippen molar-refractivity contribution < 1.29 is 6.85 Å². The van der Waals surface area contributed by atoms with Crippen LogP contribution < -0.4 is 0 Å². The molecule has 0 aliphatic heterocycles. The third-order valence-electron chi connectivity index (χ3n) is 1.06. The summed E-state index contributed by atoms with van der Waals surface area (Å²) in [5.41, 5.74) is 0.200. The molecular weight excluding hydrogens is 108 g/mol. The fraction of sp³-hybridized carbons (Fsp3) is 0.111. The summed E-state index contributed by atoms with van der Waals surface area (Å²) in [5, 5.41) is 0. The molecule has 1 aromatic carbocycles. The SMILES string of the molecule is [2H]C([2H])=C(c1ccccc1)C([2H])([2H])[2H]. The van der Waals surface area contributed by atoms with Crippen molar-refractivity contribution in [2.45, 2.75) is 6.85 Å². The van der Waals surface area contributed by atoms with Crippen LogP contribution in [-0.2, 0) is 0 Å². The highest BCUT2D eigenvalue weighted by molar-refractivity contribution is 5.60. The monoisotopic (exact) mass is 123 g/mol. The molecule has 0 saturated heterocycles. The molecule has 0 heteroatoms. The molecule has 0 N–H and O–H groups in total. The van der Waals surface area contributed by atoms with Gasteiger partial charge in [0.25, 0.3) is 0 Å². The Balaban J connectivity index is 3.24. The Bertz CT molecular complexity index is 332. The predicted molar refractivity (Wildman–Crippen MR) is 41.2 cm³/mol. The number of benzene rings is 1. The fourth-order valence-corrected chi connectivity index (χ4v) is 0.605. The van der Waals surface area contributed by atoms with E-state index in [0.29, 0.717) is 5.56 Å². The molecule has 0 radical (unpaired) electrons. The van der Waals surface area contributed by atoms with Gasteiger partial charge in [-0.15, -0.1) is 0 Å². The van der Waals surface area contributed by atoms with Crippen LogP contribution in [0.25, 0.3) is 5.57 Å². The van der Waals surface area contributed by atoms with Gasteiger partial charge < -0.3 is 0 Å². The first-order chi connectivity index (χ1) is 6.43. The molecule has 0 saturated carbocycles. The zero-order valence-electron chi connectivity index (χ0n) is 9.89. The molecule has 0 unspecified atom stereocenters. The maximum atomic E-state index is 7.19. The van der Waals surface area contributed by atoms with Gasteiger partial charge in [-0.05, 0) is 12.4 Å². The van der Waals surface area contributed by atoms with Gasteiger partial charge in [-0.1, -0.05) is 42.4 Å². The first-order valence-corrected chi connectivity index (χ1v) is 2.66. The standard InChI is InChI=1S/C9H10/c1-8(2)9-6-4-3-5-7-9/h3-7H,1H2,2H3/i1D2,2D3.